The lowest BCUT2D eigenvalue weighted by molar-refractivity contribution is -0.131. The zero-order valence-electron chi connectivity index (χ0n) is 7.32. The fourth-order valence-electron chi connectivity index (χ4n) is 1.000. The summed E-state index contributed by atoms with van der Waals surface area (Å²) in [4.78, 5) is 10.2. The number of hydrogen-bond donors (Lipinski definition) is 2. The third-order valence-electron chi connectivity index (χ3n) is 1.65. The number of carboxylic acids is 1. The van der Waals surface area contributed by atoms with E-state index in [0.29, 0.717) is 5.69 Å². The SMILES string of the molecule is Cc1ccc(N)c(C=CC(=O)O)c1. The van der Waals surface area contributed by atoms with E-state index in [1.54, 1.807) is 6.07 Å². The quantitative estimate of drug-likeness (QED) is 0.533. The number of aryl methyl sites for hydroxylation is 1. The lowest BCUT2D eigenvalue weighted by atomic mass is 10.1. The normalized spacial score (nSPS) is 10.5. The molecule has 0 fully saturated rings. The average molecular weight is 177 g/mol. The summed E-state index contributed by atoms with van der Waals surface area (Å²) in [6, 6.07) is 5.49. The summed E-state index contributed by atoms with van der Waals surface area (Å²) >= 11 is 0. The van der Waals surface area contributed by atoms with E-state index in [4.69, 9.17) is 10.8 Å². The second-order valence-corrected chi connectivity index (χ2v) is 2.80. The van der Waals surface area contributed by atoms with Gasteiger partial charge in [0.05, 0.1) is 0 Å². The van der Waals surface area contributed by atoms with E-state index in [1.807, 2.05) is 19.1 Å². The van der Waals surface area contributed by atoms with Crippen molar-refractivity contribution >= 4 is 17.7 Å². The van der Waals surface area contributed by atoms with Crippen molar-refractivity contribution in [2.45, 2.75) is 6.92 Å². The van der Waals surface area contributed by atoms with E-state index in [-0.39, 0.29) is 0 Å². The number of nitrogens with two attached hydrogens (primary N) is 1. The van der Waals surface area contributed by atoms with Crippen molar-refractivity contribution in [3.63, 3.8) is 0 Å². The standard InChI is InChI=1S/C10H11NO2/c1-7-2-4-9(11)8(6-7)3-5-10(12)13/h2-6H,11H2,1H3,(H,12,13). The molecule has 0 radical (unpaired) electrons. The highest BCUT2D eigenvalue weighted by atomic mass is 16.4. The summed E-state index contributed by atoms with van der Waals surface area (Å²) in [7, 11) is 0. The van der Waals surface area contributed by atoms with Crippen molar-refractivity contribution in [3.05, 3.63) is 35.4 Å². The van der Waals surface area contributed by atoms with Gasteiger partial charge in [0.15, 0.2) is 0 Å². The van der Waals surface area contributed by atoms with Crippen LogP contribution in [-0.4, -0.2) is 11.1 Å². The molecule has 0 saturated carbocycles. The Morgan fingerprint density at radius 2 is 2.23 bits per heavy atom. The molecular weight excluding hydrogens is 166 g/mol. The summed E-state index contributed by atoms with van der Waals surface area (Å²) in [6.07, 6.45) is 2.57. The molecule has 1 aromatic rings. The van der Waals surface area contributed by atoms with Crippen molar-refractivity contribution in [3.8, 4) is 0 Å². The Morgan fingerprint density at radius 1 is 1.54 bits per heavy atom. The van der Waals surface area contributed by atoms with E-state index in [2.05, 4.69) is 0 Å². The summed E-state index contributed by atoms with van der Waals surface area (Å²) in [6.45, 7) is 1.93. The molecule has 3 heteroatoms. The van der Waals surface area contributed by atoms with Gasteiger partial charge in [-0.2, -0.15) is 0 Å². The fourth-order valence-corrected chi connectivity index (χ4v) is 1.000. The second kappa shape index (κ2) is 3.76. The van der Waals surface area contributed by atoms with Gasteiger partial charge < -0.3 is 10.8 Å². The molecule has 0 aromatic heterocycles. The highest BCUT2D eigenvalue weighted by Gasteiger charge is 1.95. The Labute approximate surface area is 76.5 Å². The molecular formula is C10H11NO2. The van der Waals surface area contributed by atoms with Crippen LogP contribution in [0, 0.1) is 6.92 Å². The summed E-state index contributed by atoms with van der Waals surface area (Å²) in [5.74, 6) is -0.971. The summed E-state index contributed by atoms with van der Waals surface area (Å²) < 4.78 is 0. The van der Waals surface area contributed by atoms with Crippen LogP contribution in [0.5, 0.6) is 0 Å². The van der Waals surface area contributed by atoms with Crippen LogP contribution in [0.15, 0.2) is 24.3 Å². The fraction of sp³-hybridized carbons (Fsp3) is 0.100. The highest BCUT2D eigenvalue weighted by molar-refractivity contribution is 5.86. The molecule has 0 bridgehead atoms. The predicted octanol–water partition coefficient (Wildman–Crippen LogP) is 1.68. The lowest BCUT2D eigenvalue weighted by Gasteiger charge is -2.00. The van der Waals surface area contributed by atoms with Gasteiger partial charge in [-0.15, -0.1) is 0 Å². The molecule has 0 saturated heterocycles. The molecule has 1 rings (SSSR count). The van der Waals surface area contributed by atoms with Gasteiger partial charge in [0.25, 0.3) is 0 Å². The molecule has 0 heterocycles. The molecule has 0 amide bonds. The Balaban J connectivity index is 3.00. The van der Waals surface area contributed by atoms with Gasteiger partial charge in [-0.1, -0.05) is 11.6 Å². The summed E-state index contributed by atoms with van der Waals surface area (Å²) in [5, 5.41) is 8.41. The summed E-state index contributed by atoms with van der Waals surface area (Å²) in [5.41, 5.74) is 8.01. The number of carbonyl (C=O) groups is 1. The van der Waals surface area contributed by atoms with Gasteiger partial charge in [0, 0.05) is 11.8 Å². The van der Waals surface area contributed by atoms with Crippen LogP contribution in [0.2, 0.25) is 0 Å². The number of anilines is 1. The molecule has 13 heavy (non-hydrogen) atoms. The molecule has 0 atom stereocenters. The number of nitrogen functional groups attached to an aromatic ring is 1. The minimum atomic E-state index is -0.971. The first-order chi connectivity index (χ1) is 6.09. The maximum atomic E-state index is 10.2. The van der Waals surface area contributed by atoms with Gasteiger partial charge in [0.1, 0.15) is 0 Å². The third-order valence-corrected chi connectivity index (χ3v) is 1.65. The van der Waals surface area contributed by atoms with E-state index < -0.39 is 5.97 Å². The van der Waals surface area contributed by atoms with Crippen LogP contribution >= 0.6 is 0 Å². The molecule has 0 unspecified atom stereocenters. The minimum absolute atomic E-state index is 0.586. The molecule has 0 aliphatic carbocycles. The van der Waals surface area contributed by atoms with Crippen LogP contribution in [0.1, 0.15) is 11.1 Å². The predicted molar refractivity (Wildman–Crippen MR) is 52.3 cm³/mol. The second-order valence-electron chi connectivity index (χ2n) is 2.80. The average Bonchev–Trinajstić information content (AvgIpc) is 2.06. The number of carboxylic acid groups (broad SMARTS) is 1. The Kier molecular flexibility index (Phi) is 2.69. The van der Waals surface area contributed by atoms with Crippen molar-refractivity contribution in [2.75, 3.05) is 5.73 Å². The lowest BCUT2D eigenvalue weighted by Crippen LogP contribution is -1.91. The molecule has 3 nitrogen and oxygen atoms in total. The van der Waals surface area contributed by atoms with Crippen molar-refractivity contribution in [1.29, 1.82) is 0 Å². The van der Waals surface area contributed by atoms with Crippen LogP contribution in [0.4, 0.5) is 5.69 Å². The van der Waals surface area contributed by atoms with Gasteiger partial charge in [-0.25, -0.2) is 4.79 Å². The number of rotatable bonds is 2. The van der Waals surface area contributed by atoms with Crippen molar-refractivity contribution in [1.82, 2.24) is 0 Å². The van der Waals surface area contributed by atoms with Gasteiger partial charge in [-0.3, -0.25) is 0 Å². The molecule has 68 valence electrons. The van der Waals surface area contributed by atoms with E-state index in [1.165, 1.54) is 6.08 Å². The van der Waals surface area contributed by atoms with Crippen molar-refractivity contribution in [2.24, 2.45) is 0 Å². The molecule has 3 N–H and O–H groups in total. The minimum Gasteiger partial charge on any atom is -0.478 e. The van der Waals surface area contributed by atoms with Crippen LogP contribution in [0.3, 0.4) is 0 Å². The first-order valence-electron chi connectivity index (χ1n) is 3.87. The van der Waals surface area contributed by atoms with Gasteiger partial charge in [-0.05, 0) is 30.7 Å². The Hall–Kier alpha value is -1.77. The van der Waals surface area contributed by atoms with Crippen LogP contribution in [-0.2, 0) is 4.79 Å². The maximum Gasteiger partial charge on any atom is 0.328 e. The van der Waals surface area contributed by atoms with Gasteiger partial charge >= 0.3 is 5.97 Å². The highest BCUT2D eigenvalue weighted by Crippen LogP contribution is 2.14. The Morgan fingerprint density at radius 3 is 2.85 bits per heavy atom. The van der Waals surface area contributed by atoms with E-state index in [9.17, 15) is 4.79 Å². The maximum absolute atomic E-state index is 10.2. The van der Waals surface area contributed by atoms with Gasteiger partial charge in [0.2, 0.25) is 0 Å². The first kappa shape index (κ1) is 9.32. The zero-order chi connectivity index (χ0) is 9.84. The van der Waals surface area contributed by atoms with Crippen molar-refractivity contribution < 1.29 is 9.90 Å². The third kappa shape index (κ3) is 2.63. The molecule has 0 aliphatic heterocycles. The molecule has 0 spiro atoms. The zero-order valence-corrected chi connectivity index (χ0v) is 7.32. The van der Waals surface area contributed by atoms with E-state index >= 15 is 0 Å². The molecule has 1 aromatic carbocycles. The monoisotopic (exact) mass is 177 g/mol. The smallest absolute Gasteiger partial charge is 0.328 e. The molecule has 0 aliphatic rings. The Bertz CT molecular complexity index is 356. The largest absolute Gasteiger partial charge is 0.478 e. The topological polar surface area (TPSA) is 63.3 Å². The first-order valence-corrected chi connectivity index (χ1v) is 3.87. The number of aliphatic carboxylic acids is 1. The van der Waals surface area contributed by atoms with Crippen LogP contribution in [0.25, 0.3) is 6.08 Å². The van der Waals surface area contributed by atoms with Crippen LogP contribution < -0.4 is 5.73 Å². The number of benzene rings is 1. The number of hydrogen-bond acceptors (Lipinski definition) is 2. The van der Waals surface area contributed by atoms with E-state index in [0.717, 1.165) is 17.2 Å².